The molecule has 0 heterocycles. The summed E-state index contributed by atoms with van der Waals surface area (Å²) in [7, 11) is 0. The van der Waals surface area contributed by atoms with Gasteiger partial charge >= 0.3 is 24.1 Å². The van der Waals surface area contributed by atoms with Gasteiger partial charge in [0.15, 0.2) is 5.78 Å². The zero-order valence-electron chi connectivity index (χ0n) is 29.1. The Bertz CT molecular complexity index is 1680. The first-order valence-electron chi connectivity index (χ1n) is 15.6. The Morgan fingerprint density at radius 2 is 1.39 bits per heavy atom. The molecule has 3 rings (SSSR count). The van der Waals surface area contributed by atoms with Crippen molar-refractivity contribution in [3.63, 3.8) is 0 Å². The number of esters is 2. The van der Waals surface area contributed by atoms with Gasteiger partial charge in [-0.15, -0.1) is 0 Å². The smallest absolute Gasteiger partial charge is 0.413 e. The van der Waals surface area contributed by atoms with Crippen LogP contribution in [0.4, 0.5) is 15.3 Å². The number of hydrogen-bond donors (Lipinski definition) is 1. The number of ether oxygens (including phenoxy) is 4. The lowest BCUT2D eigenvalue weighted by atomic mass is 10.1. The third kappa shape index (κ3) is 13.6. The normalized spacial score (nSPS) is 11.6. The number of nitrogens with zero attached hydrogens (tertiary/aromatic N) is 2. The maximum Gasteiger partial charge on any atom is 0.413 e. The first-order chi connectivity index (χ1) is 22.9. The van der Waals surface area contributed by atoms with Gasteiger partial charge in [0.2, 0.25) is 0 Å². The van der Waals surface area contributed by atoms with Crippen LogP contribution in [-0.4, -0.2) is 58.4 Å². The summed E-state index contributed by atoms with van der Waals surface area (Å²) in [6, 6.07) is 19.5. The Labute approximate surface area is 286 Å². The van der Waals surface area contributed by atoms with E-state index in [2.05, 4.69) is 10.3 Å². The molecule has 49 heavy (non-hydrogen) atoms. The van der Waals surface area contributed by atoms with E-state index < -0.39 is 35.3 Å². The number of aliphatic imine (C=N–C) groups is 1. The van der Waals surface area contributed by atoms with Crippen molar-refractivity contribution in [1.29, 1.82) is 0 Å². The first kappa shape index (κ1) is 37.9. The number of carbonyl (C=O) groups is 5. The number of amides is 2. The van der Waals surface area contributed by atoms with Crippen LogP contribution in [-0.2, 0) is 32.2 Å². The predicted molar refractivity (Wildman–Crippen MR) is 183 cm³/mol. The zero-order chi connectivity index (χ0) is 36.4. The molecule has 2 amide bonds. The molecule has 3 aromatic rings. The van der Waals surface area contributed by atoms with Crippen molar-refractivity contribution in [3.8, 4) is 5.75 Å². The lowest BCUT2D eigenvalue weighted by Gasteiger charge is -2.25. The van der Waals surface area contributed by atoms with Crippen LogP contribution in [0.3, 0.4) is 0 Å². The second-order valence-electron chi connectivity index (χ2n) is 13.2. The van der Waals surface area contributed by atoms with Gasteiger partial charge in [0, 0.05) is 12.1 Å². The Morgan fingerprint density at radius 3 is 1.98 bits per heavy atom. The number of ketones is 1. The van der Waals surface area contributed by atoms with Crippen molar-refractivity contribution < 1.29 is 42.9 Å². The second kappa shape index (κ2) is 16.5. The van der Waals surface area contributed by atoms with Gasteiger partial charge in [-0.3, -0.25) is 19.8 Å². The number of amidine groups is 1. The molecule has 1 N–H and O–H groups in total. The van der Waals surface area contributed by atoms with E-state index in [1.807, 2.05) is 0 Å². The van der Waals surface area contributed by atoms with Crippen molar-refractivity contribution >= 4 is 41.4 Å². The summed E-state index contributed by atoms with van der Waals surface area (Å²) >= 11 is 0. The highest BCUT2D eigenvalue weighted by molar-refractivity contribution is 5.96. The highest BCUT2D eigenvalue weighted by atomic mass is 16.6. The van der Waals surface area contributed by atoms with Crippen molar-refractivity contribution in [1.82, 2.24) is 10.2 Å². The quantitative estimate of drug-likeness (QED) is 0.0590. The molecule has 0 spiro atoms. The van der Waals surface area contributed by atoms with Crippen LogP contribution < -0.4 is 10.1 Å². The Hall–Kier alpha value is -5.52. The molecule has 0 saturated heterocycles. The number of hydrogen-bond acceptors (Lipinski definition) is 10. The van der Waals surface area contributed by atoms with Crippen LogP contribution >= 0.6 is 0 Å². The predicted octanol–water partition coefficient (Wildman–Crippen LogP) is 7.16. The molecule has 0 saturated carbocycles. The van der Waals surface area contributed by atoms with E-state index in [1.165, 1.54) is 11.8 Å². The summed E-state index contributed by atoms with van der Waals surface area (Å²) in [5, 5.41) is 2.55. The van der Waals surface area contributed by atoms with Gasteiger partial charge < -0.3 is 18.9 Å². The zero-order valence-corrected chi connectivity index (χ0v) is 29.1. The Balaban J connectivity index is 1.59. The van der Waals surface area contributed by atoms with Gasteiger partial charge in [-0.05, 0) is 109 Å². The van der Waals surface area contributed by atoms with E-state index in [1.54, 1.807) is 121 Å². The molecule has 260 valence electrons. The van der Waals surface area contributed by atoms with E-state index in [4.69, 9.17) is 18.9 Å². The molecular formula is C37H43N3O9. The van der Waals surface area contributed by atoms with Gasteiger partial charge in [-0.2, -0.15) is 0 Å². The molecule has 3 aromatic carbocycles. The molecule has 0 atom stereocenters. The van der Waals surface area contributed by atoms with Crippen LogP contribution in [0.2, 0.25) is 0 Å². The number of benzene rings is 3. The third-order valence-electron chi connectivity index (χ3n) is 6.28. The van der Waals surface area contributed by atoms with Gasteiger partial charge in [0.05, 0.1) is 11.3 Å². The molecular weight excluding hydrogens is 630 g/mol. The van der Waals surface area contributed by atoms with Crippen molar-refractivity contribution in [2.75, 3.05) is 6.54 Å². The number of alkyl carbamates (subject to hydrolysis) is 1. The summed E-state index contributed by atoms with van der Waals surface area (Å²) in [4.78, 5) is 67.7. The molecule has 12 heteroatoms. The number of rotatable bonds is 10. The first-order valence-corrected chi connectivity index (χ1v) is 15.6. The van der Waals surface area contributed by atoms with E-state index in [0.29, 0.717) is 28.2 Å². The van der Waals surface area contributed by atoms with Crippen LogP contribution in [0.1, 0.15) is 87.2 Å². The highest BCUT2D eigenvalue weighted by Crippen LogP contribution is 2.19. The van der Waals surface area contributed by atoms with Crippen molar-refractivity contribution in [2.45, 2.75) is 79.7 Å². The maximum atomic E-state index is 13.1. The van der Waals surface area contributed by atoms with E-state index in [-0.39, 0.29) is 36.8 Å². The monoisotopic (exact) mass is 673 g/mol. The molecule has 0 aromatic heterocycles. The van der Waals surface area contributed by atoms with Crippen LogP contribution in [0.15, 0.2) is 77.8 Å². The summed E-state index contributed by atoms with van der Waals surface area (Å²) in [6.45, 7) is 13.1. The van der Waals surface area contributed by atoms with E-state index in [9.17, 15) is 24.0 Å². The van der Waals surface area contributed by atoms with Crippen molar-refractivity contribution in [2.24, 2.45) is 4.99 Å². The fourth-order valence-corrected chi connectivity index (χ4v) is 4.22. The molecule has 0 radical (unpaired) electrons. The van der Waals surface area contributed by atoms with Crippen LogP contribution in [0.25, 0.3) is 0 Å². The van der Waals surface area contributed by atoms with E-state index in [0.717, 1.165) is 0 Å². The fraction of sp³-hybridized carbons (Fsp3) is 0.351. The Kier molecular flexibility index (Phi) is 12.8. The SMILES string of the molecule is CC(=O)c1cccc(CN(CC(=O)OC(C)(C)C)C(=O)OCc2ccc(OC(=O)c3ccc(N=C(C)NC(=O)OC(C)(C)C)cc3)cc2)c1. The van der Waals surface area contributed by atoms with Crippen LogP contribution in [0, 0.1) is 0 Å². The largest absolute Gasteiger partial charge is 0.459 e. The van der Waals surface area contributed by atoms with E-state index >= 15 is 0 Å². The molecule has 0 aliphatic heterocycles. The second-order valence-corrected chi connectivity index (χ2v) is 13.2. The minimum atomic E-state index is -0.752. The minimum Gasteiger partial charge on any atom is -0.459 e. The summed E-state index contributed by atoms with van der Waals surface area (Å²) in [6.07, 6.45) is -1.37. The van der Waals surface area contributed by atoms with Crippen LogP contribution in [0.5, 0.6) is 5.75 Å². The van der Waals surface area contributed by atoms with Gasteiger partial charge in [0.25, 0.3) is 0 Å². The summed E-state index contributed by atoms with van der Waals surface area (Å²) < 4.78 is 21.6. The topological polar surface area (TPSA) is 150 Å². The number of nitrogens with one attached hydrogen (secondary N) is 1. The average Bonchev–Trinajstić information content (AvgIpc) is 2.98. The molecule has 0 aliphatic carbocycles. The molecule has 12 nitrogen and oxygen atoms in total. The highest BCUT2D eigenvalue weighted by Gasteiger charge is 2.24. The van der Waals surface area contributed by atoms with Gasteiger partial charge in [-0.25, -0.2) is 19.4 Å². The number of Topliss-reactive ketones (excluding diaryl/α,β-unsaturated/α-hetero) is 1. The Morgan fingerprint density at radius 1 is 0.755 bits per heavy atom. The average molecular weight is 674 g/mol. The molecule has 0 unspecified atom stereocenters. The van der Waals surface area contributed by atoms with Gasteiger partial charge in [0.1, 0.15) is 35.9 Å². The third-order valence-corrected chi connectivity index (χ3v) is 6.28. The summed E-state index contributed by atoms with van der Waals surface area (Å²) in [5.74, 6) is -0.723. The van der Waals surface area contributed by atoms with Gasteiger partial charge in [-0.1, -0.05) is 30.3 Å². The lowest BCUT2D eigenvalue weighted by Crippen LogP contribution is -2.38. The standard InChI is InChI=1S/C37H43N3O9/c1-24(41)29-11-9-10-27(20-29)21-40(22-32(42)48-36(3,4)5)35(45)46-23-26-12-18-31(19-13-26)47-33(43)28-14-16-30(17-15-28)38-25(2)39-34(44)49-37(6,7)8/h9-20H,21-23H2,1-8H3,(H,38,39,44). The van der Waals surface area contributed by atoms with Crippen molar-refractivity contribution in [3.05, 3.63) is 95.1 Å². The fourth-order valence-electron chi connectivity index (χ4n) is 4.22. The molecule has 0 fully saturated rings. The molecule has 0 aliphatic rings. The molecule has 0 bridgehead atoms. The number of carbonyl (C=O) groups excluding carboxylic acids is 5. The minimum absolute atomic E-state index is 0.0178. The lowest BCUT2D eigenvalue weighted by molar-refractivity contribution is -0.155. The maximum absolute atomic E-state index is 13.1. The summed E-state index contributed by atoms with van der Waals surface area (Å²) in [5.41, 5.74) is 1.15.